The minimum absolute atomic E-state index is 0.0183. The fourth-order valence-electron chi connectivity index (χ4n) is 9.33. The first-order chi connectivity index (χ1) is 26.7. The zero-order valence-electron chi connectivity index (χ0n) is 31.7. The predicted octanol–water partition coefficient (Wildman–Crippen LogP) is 11.9. The van der Waals surface area contributed by atoms with E-state index < -0.39 is 0 Å². The van der Waals surface area contributed by atoms with Crippen molar-refractivity contribution in [2.45, 2.75) is 51.9 Å². The lowest BCUT2D eigenvalue weighted by Crippen LogP contribution is -2.41. The Labute approximate surface area is 320 Å². The van der Waals surface area contributed by atoms with E-state index in [4.69, 9.17) is 15.0 Å². The van der Waals surface area contributed by atoms with Crippen molar-refractivity contribution in [1.82, 2.24) is 24.1 Å². The second-order valence-electron chi connectivity index (χ2n) is 16.3. The van der Waals surface area contributed by atoms with Crippen LogP contribution in [0.4, 0.5) is 0 Å². The van der Waals surface area contributed by atoms with E-state index in [1.165, 1.54) is 33.1 Å². The molecule has 9 aromatic rings. The summed E-state index contributed by atoms with van der Waals surface area (Å²) in [5, 5.41) is 14.2. The van der Waals surface area contributed by atoms with Crippen LogP contribution in [0.2, 0.25) is 0 Å². The summed E-state index contributed by atoms with van der Waals surface area (Å²) in [6.07, 6.45) is 1.10. The Morgan fingerprint density at radius 3 is 1.78 bits per heavy atom. The number of fused-ring (bicyclic) bond motifs is 8. The maximum Gasteiger partial charge on any atom is 0.238 e. The summed E-state index contributed by atoms with van der Waals surface area (Å²) in [6, 6.07) is 48.6. The van der Waals surface area contributed by atoms with Crippen LogP contribution in [-0.2, 0) is 10.8 Å². The van der Waals surface area contributed by atoms with Gasteiger partial charge >= 0.3 is 0 Å². The Kier molecular flexibility index (Phi) is 7.18. The van der Waals surface area contributed by atoms with E-state index >= 15 is 0 Å². The summed E-state index contributed by atoms with van der Waals surface area (Å²) < 4.78 is 4.77. The first-order valence-corrected chi connectivity index (χ1v) is 19.1. The van der Waals surface area contributed by atoms with Crippen LogP contribution in [-0.4, -0.2) is 24.1 Å². The summed E-state index contributed by atoms with van der Waals surface area (Å²) in [5.74, 6) is 2.20. The highest BCUT2D eigenvalue weighted by Crippen LogP contribution is 2.52. The number of nitriles is 1. The number of para-hydroxylation sites is 2. The minimum atomic E-state index is -0.0477. The molecule has 6 aromatic carbocycles. The average molecular weight is 713 g/mol. The SMILES string of the molecule is CC1CC(C)(C)c2c(-n3c4ccccc4c4ccc5c6ccccc6n(-c6nc(-c7ccccc7)nc(-c7ccc(C#N)cc7)n6)c5c43)cccc2C1(C)C. The van der Waals surface area contributed by atoms with Crippen molar-refractivity contribution < 1.29 is 0 Å². The third kappa shape index (κ3) is 4.89. The summed E-state index contributed by atoms with van der Waals surface area (Å²) in [5.41, 5.74) is 10.7. The van der Waals surface area contributed by atoms with Crippen molar-refractivity contribution in [2.24, 2.45) is 5.92 Å². The van der Waals surface area contributed by atoms with Crippen molar-refractivity contribution in [1.29, 1.82) is 5.26 Å². The summed E-state index contributed by atoms with van der Waals surface area (Å²) in [6.45, 7) is 12.1. The highest BCUT2D eigenvalue weighted by molar-refractivity contribution is 6.23. The standard InChI is InChI=1S/C49H40N6/c1-30-28-48(2,3)42-38(49(30,4)5)18-13-21-41(42)54-39-19-11-9-16-34(39)36-26-27-37-35-17-10-12-20-40(35)55(44(37)43(36)54)47-52-45(32-14-7-6-8-15-32)51-46(53-47)33-24-22-31(29-50)23-25-33/h6-27,30H,28H2,1-5H3. The molecule has 3 aromatic heterocycles. The number of nitrogens with zero attached hydrogens (tertiary/aromatic N) is 6. The van der Waals surface area contributed by atoms with Crippen molar-refractivity contribution >= 4 is 43.6 Å². The van der Waals surface area contributed by atoms with Crippen LogP contribution in [0.1, 0.15) is 57.7 Å². The molecule has 6 heteroatoms. The molecule has 0 radical (unpaired) electrons. The van der Waals surface area contributed by atoms with Gasteiger partial charge in [-0.25, -0.2) is 4.98 Å². The topological polar surface area (TPSA) is 72.3 Å². The minimum Gasteiger partial charge on any atom is -0.307 e. The van der Waals surface area contributed by atoms with Crippen LogP contribution in [0, 0.1) is 17.2 Å². The van der Waals surface area contributed by atoms with E-state index in [0.717, 1.165) is 44.9 Å². The molecule has 1 unspecified atom stereocenters. The number of rotatable bonds is 4. The number of aromatic nitrogens is 5. The highest BCUT2D eigenvalue weighted by atomic mass is 15.2. The molecule has 0 fully saturated rings. The van der Waals surface area contributed by atoms with Crippen LogP contribution >= 0.6 is 0 Å². The maximum absolute atomic E-state index is 9.54. The van der Waals surface area contributed by atoms with Crippen LogP contribution in [0.5, 0.6) is 0 Å². The van der Waals surface area contributed by atoms with E-state index in [2.05, 4.69) is 129 Å². The van der Waals surface area contributed by atoms with E-state index in [9.17, 15) is 5.26 Å². The summed E-state index contributed by atoms with van der Waals surface area (Å²) in [7, 11) is 0. The van der Waals surface area contributed by atoms with E-state index in [1.54, 1.807) is 0 Å². The first kappa shape index (κ1) is 33.0. The molecule has 0 aliphatic heterocycles. The molecule has 0 amide bonds. The smallest absolute Gasteiger partial charge is 0.238 e. The van der Waals surface area contributed by atoms with Crippen molar-refractivity contribution in [3.05, 3.63) is 150 Å². The molecule has 1 aliphatic carbocycles. The van der Waals surface area contributed by atoms with E-state index in [0.29, 0.717) is 29.1 Å². The van der Waals surface area contributed by atoms with Crippen molar-refractivity contribution in [2.75, 3.05) is 0 Å². The lowest BCUT2D eigenvalue weighted by Gasteiger charge is -2.47. The molecule has 0 saturated heterocycles. The molecule has 266 valence electrons. The number of hydrogen-bond donors (Lipinski definition) is 0. The molecule has 6 nitrogen and oxygen atoms in total. The van der Waals surface area contributed by atoms with Crippen LogP contribution in [0.3, 0.4) is 0 Å². The summed E-state index contributed by atoms with van der Waals surface area (Å²) >= 11 is 0. The molecule has 0 spiro atoms. The van der Waals surface area contributed by atoms with Crippen LogP contribution in [0.15, 0.2) is 133 Å². The second kappa shape index (κ2) is 12.0. The fraction of sp³-hybridized carbons (Fsp3) is 0.184. The lowest BCUT2D eigenvalue weighted by molar-refractivity contribution is 0.233. The molecular formula is C49H40N6. The van der Waals surface area contributed by atoms with E-state index in [-0.39, 0.29) is 10.8 Å². The number of benzene rings is 6. The maximum atomic E-state index is 9.54. The second-order valence-corrected chi connectivity index (χ2v) is 16.3. The largest absolute Gasteiger partial charge is 0.307 e. The van der Waals surface area contributed by atoms with Crippen LogP contribution < -0.4 is 0 Å². The molecule has 10 rings (SSSR count). The van der Waals surface area contributed by atoms with Gasteiger partial charge in [-0.15, -0.1) is 0 Å². The Hall–Kier alpha value is -6.58. The van der Waals surface area contributed by atoms with Crippen molar-refractivity contribution in [3.8, 4) is 40.5 Å². The van der Waals surface area contributed by atoms with Gasteiger partial charge in [-0.05, 0) is 76.8 Å². The molecule has 0 saturated carbocycles. The molecule has 55 heavy (non-hydrogen) atoms. The van der Waals surface area contributed by atoms with Gasteiger partial charge in [0.15, 0.2) is 11.6 Å². The van der Waals surface area contributed by atoms with Gasteiger partial charge in [0.05, 0.1) is 39.4 Å². The van der Waals surface area contributed by atoms with Gasteiger partial charge in [0, 0.05) is 32.7 Å². The quantitative estimate of drug-likeness (QED) is 0.182. The van der Waals surface area contributed by atoms with Gasteiger partial charge in [-0.1, -0.05) is 126 Å². The third-order valence-corrected chi connectivity index (χ3v) is 12.3. The summed E-state index contributed by atoms with van der Waals surface area (Å²) in [4.78, 5) is 15.6. The van der Waals surface area contributed by atoms with Crippen molar-refractivity contribution in [3.63, 3.8) is 0 Å². The molecule has 0 N–H and O–H groups in total. The van der Waals surface area contributed by atoms with Gasteiger partial charge < -0.3 is 4.57 Å². The van der Waals surface area contributed by atoms with Gasteiger partial charge in [-0.2, -0.15) is 15.2 Å². The van der Waals surface area contributed by atoms with Gasteiger partial charge in [0.25, 0.3) is 0 Å². The Bertz CT molecular complexity index is 3030. The highest BCUT2D eigenvalue weighted by Gasteiger charge is 2.43. The lowest BCUT2D eigenvalue weighted by atomic mass is 9.58. The zero-order chi connectivity index (χ0) is 37.6. The van der Waals surface area contributed by atoms with Gasteiger partial charge in [0.2, 0.25) is 5.95 Å². The molecule has 0 bridgehead atoms. The Morgan fingerprint density at radius 1 is 0.582 bits per heavy atom. The molecular weight excluding hydrogens is 673 g/mol. The van der Waals surface area contributed by atoms with Gasteiger partial charge in [-0.3, -0.25) is 4.57 Å². The third-order valence-electron chi connectivity index (χ3n) is 12.3. The fourth-order valence-corrected chi connectivity index (χ4v) is 9.33. The monoisotopic (exact) mass is 712 g/mol. The zero-order valence-corrected chi connectivity index (χ0v) is 31.7. The molecule has 1 aliphatic rings. The predicted molar refractivity (Wildman–Crippen MR) is 224 cm³/mol. The molecule has 3 heterocycles. The van der Waals surface area contributed by atoms with Crippen LogP contribution in [0.25, 0.3) is 78.0 Å². The van der Waals surface area contributed by atoms with E-state index in [1.807, 2.05) is 54.6 Å². The molecule has 1 atom stereocenters. The Morgan fingerprint density at radius 2 is 1.15 bits per heavy atom. The normalized spacial score (nSPS) is 16.1. The number of hydrogen-bond acceptors (Lipinski definition) is 4. The average Bonchev–Trinajstić information content (AvgIpc) is 3.73. The Balaban J connectivity index is 1.37. The van der Waals surface area contributed by atoms with Gasteiger partial charge in [0.1, 0.15) is 0 Å². The first-order valence-electron chi connectivity index (χ1n) is 19.1.